The minimum absolute atomic E-state index is 0. The zero-order valence-electron chi connectivity index (χ0n) is 13.4. The predicted octanol–water partition coefficient (Wildman–Crippen LogP) is 3.05. The fraction of sp³-hybridized carbons (Fsp3) is 0.933. The summed E-state index contributed by atoms with van der Waals surface area (Å²) in [6.07, 6.45) is 2.21. The van der Waals surface area contributed by atoms with Gasteiger partial charge in [-0.3, -0.25) is 0 Å². The monoisotopic (exact) mass is 304 g/mol. The number of likely N-dealkylation sites (tertiary alicyclic amines) is 1. The third-order valence-electron chi connectivity index (χ3n) is 4.31. The molecule has 118 valence electrons. The van der Waals surface area contributed by atoms with Gasteiger partial charge in [-0.1, -0.05) is 13.8 Å². The van der Waals surface area contributed by atoms with E-state index in [0.717, 1.165) is 19.6 Å². The van der Waals surface area contributed by atoms with Gasteiger partial charge in [-0.25, -0.2) is 4.79 Å². The summed E-state index contributed by atoms with van der Waals surface area (Å²) >= 11 is 0. The average molecular weight is 305 g/mol. The Kier molecular flexibility index (Phi) is 5.36. The molecule has 1 unspecified atom stereocenters. The number of rotatable bonds is 1. The molecule has 2 rings (SSSR count). The minimum Gasteiger partial charge on any atom is -0.444 e. The van der Waals surface area contributed by atoms with Gasteiger partial charge in [-0.05, 0) is 52.6 Å². The highest BCUT2D eigenvalue weighted by molar-refractivity contribution is 5.85. The lowest BCUT2D eigenvalue weighted by Crippen LogP contribution is -2.70. The van der Waals surface area contributed by atoms with Crippen LogP contribution in [0.3, 0.4) is 0 Å². The predicted molar refractivity (Wildman–Crippen MR) is 83.4 cm³/mol. The Hall–Kier alpha value is -0.480. The summed E-state index contributed by atoms with van der Waals surface area (Å²) in [5.74, 6) is 0.486. The highest BCUT2D eigenvalue weighted by atomic mass is 35.5. The van der Waals surface area contributed by atoms with Gasteiger partial charge in [0.2, 0.25) is 0 Å². The van der Waals surface area contributed by atoms with E-state index in [2.05, 4.69) is 19.2 Å². The van der Waals surface area contributed by atoms with Crippen LogP contribution in [-0.4, -0.2) is 42.3 Å². The first-order valence-electron chi connectivity index (χ1n) is 7.45. The molecule has 0 aromatic rings. The van der Waals surface area contributed by atoms with Gasteiger partial charge >= 0.3 is 6.09 Å². The molecule has 0 radical (unpaired) electrons. The molecule has 2 saturated heterocycles. The van der Waals surface area contributed by atoms with E-state index in [-0.39, 0.29) is 18.5 Å². The third kappa shape index (κ3) is 3.40. The average Bonchev–Trinajstić information content (AvgIpc) is 2.24. The fourth-order valence-electron chi connectivity index (χ4n) is 3.69. The molecule has 2 fully saturated rings. The second-order valence-corrected chi connectivity index (χ2v) is 7.41. The number of ether oxygens (including phenoxy) is 1. The van der Waals surface area contributed by atoms with E-state index in [0.29, 0.717) is 17.4 Å². The number of hydrogen-bond donors (Lipinski definition) is 1. The van der Waals surface area contributed by atoms with Crippen molar-refractivity contribution in [1.29, 1.82) is 0 Å². The van der Waals surface area contributed by atoms with Gasteiger partial charge in [0.25, 0.3) is 0 Å². The molecule has 1 N–H and O–H groups in total. The van der Waals surface area contributed by atoms with Crippen LogP contribution >= 0.6 is 12.4 Å². The summed E-state index contributed by atoms with van der Waals surface area (Å²) in [6, 6.07) is 0.337. The summed E-state index contributed by atoms with van der Waals surface area (Å²) < 4.78 is 5.53. The fourth-order valence-corrected chi connectivity index (χ4v) is 3.69. The first-order valence-corrected chi connectivity index (χ1v) is 7.45. The maximum absolute atomic E-state index is 12.3. The van der Waals surface area contributed by atoms with Gasteiger partial charge in [0, 0.05) is 18.0 Å². The van der Waals surface area contributed by atoms with Crippen LogP contribution < -0.4 is 5.32 Å². The summed E-state index contributed by atoms with van der Waals surface area (Å²) in [6.45, 7) is 13.2. The van der Waals surface area contributed by atoms with Crippen molar-refractivity contribution in [3.63, 3.8) is 0 Å². The number of nitrogens with one attached hydrogen (secondary N) is 1. The van der Waals surface area contributed by atoms with Crippen molar-refractivity contribution in [2.75, 3.05) is 19.6 Å². The van der Waals surface area contributed by atoms with Crippen molar-refractivity contribution in [1.82, 2.24) is 10.2 Å². The molecule has 1 atom stereocenters. The van der Waals surface area contributed by atoms with Crippen LogP contribution in [0, 0.1) is 11.3 Å². The van der Waals surface area contributed by atoms with Crippen LogP contribution in [-0.2, 0) is 4.74 Å². The molecule has 0 aliphatic carbocycles. The van der Waals surface area contributed by atoms with Crippen molar-refractivity contribution in [3.05, 3.63) is 0 Å². The Bertz CT molecular complexity index is 346. The number of nitrogens with zero attached hydrogens (tertiary/aromatic N) is 1. The molecule has 0 bridgehead atoms. The van der Waals surface area contributed by atoms with E-state index < -0.39 is 5.60 Å². The SMILES string of the molecule is CC(C)C1N(C(=O)OC(C)(C)C)CC12CCNCC2.Cl. The van der Waals surface area contributed by atoms with E-state index in [4.69, 9.17) is 4.74 Å². The van der Waals surface area contributed by atoms with Crippen LogP contribution in [0.15, 0.2) is 0 Å². The molecule has 0 aromatic carbocycles. The minimum atomic E-state index is -0.407. The number of carbonyl (C=O) groups excluding carboxylic acids is 1. The lowest BCUT2D eigenvalue weighted by atomic mass is 9.62. The van der Waals surface area contributed by atoms with Gasteiger partial charge in [0.15, 0.2) is 0 Å². The second-order valence-electron chi connectivity index (χ2n) is 7.41. The van der Waals surface area contributed by atoms with E-state index in [1.54, 1.807) is 0 Å². The molecule has 0 aromatic heterocycles. The quantitative estimate of drug-likeness (QED) is 0.809. The Morgan fingerprint density at radius 1 is 1.30 bits per heavy atom. The van der Waals surface area contributed by atoms with E-state index >= 15 is 0 Å². The maximum atomic E-state index is 12.3. The number of piperidine rings is 1. The summed E-state index contributed by atoms with van der Waals surface area (Å²) in [5.41, 5.74) is -0.0776. The Morgan fingerprint density at radius 3 is 2.30 bits per heavy atom. The highest BCUT2D eigenvalue weighted by Crippen LogP contribution is 2.48. The van der Waals surface area contributed by atoms with Crippen molar-refractivity contribution >= 4 is 18.5 Å². The van der Waals surface area contributed by atoms with Crippen LogP contribution in [0.1, 0.15) is 47.5 Å². The summed E-state index contributed by atoms with van der Waals surface area (Å²) in [4.78, 5) is 14.2. The second kappa shape index (κ2) is 6.10. The first-order chi connectivity index (χ1) is 8.75. The Balaban J connectivity index is 0.00000200. The molecule has 2 aliphatic heterocycles. The van der Waals surface area contributed by atoms with Crippen LogP contribution in [0.25, 0.3) is 0 Å². The summed E-state index contributed by atoms with van der Waals surface area (Å²) in [7, 11) is 0. The molecule has 4 nitrogen and oxygen atoms in total. The highest BCUT2D eigenvalue weighted by Gasteiger charge is 2.56. The largest absolute Gasteiger partial charge is 0.444 e. The van der Waals surface area contributed by atoms with E-state index in [1.807, 2.05) is 25.7 Å². The van der Waals surface area contributed by atoms with Crippen LogP contribution in [0.2, 0.25) is 0 Å². The number of amides is 1. The standard InChI is InChI=1S/C15H28N2O2.ClH/c1-11(2)12-15(6-8-16-9-7-15)10-17(12)13(18)19-14(3,4)5;/h11-12,16H,6-10H2,1-5H3;1H. The van der Waals surface area contributed by atoms with Gasteiger partial charge in [-0.2, -0.15) is 0 Å². The van der Waals surface area contributed by atoms with Gasteiger partial charge < -0.3 is 15.0 Å². The molecule has 0 saturated carbocycles. The third-order valence-corrected chi connectivity index (χ3v) is 4.31. The van der Waals surface area contributed by atoms with Crippen LogP contribution in [0.4, 0.5) is 4.79 Å². The van der Waals surface area contributed by atoms with E-state index in [9.17, 15) is 4.79 Å². The van der Waals surface area contributed by atoms with Crippen molar-refractivity contribution in [2.45, 2.75) is 59.1 Å². The Labute approximate surface area is 129 Å². The Morgan fingerprint density at radius 2 is 1.85 bits per heavy atom. The zero-order chi connectivity index (χ0) is 14.3. The molecule has 1 amide bonds. The van der Waals surface area contributed by atoms with Crippen molar-refractivity contribution in [3.8, 4) is 0 Å². The normalized spacial score (nSPS) is 25.1. The molecule has 2 aliphatic rings. The summed E-state index contributed by atoms with van der Waals surface area (Å²) in [5, 5.41) is 3.42. The van der Waals surface area contributed by atoms with Gasteiger partial charge in [0.1, 0.15) is 5.60 Å². The number of hydrogen-bond acceptors (Lipinski definition) is 3. The smallest absolute Gasteiger partial charge is 0.410 e. The topological polar surface area (TPSA) is 41.6 Å². The molecular formula is C15H29ClN2O2. The first kappa shape index (κ1) is 17.6. The number of halogens is 1. The van der Waals surface area contributed by atoms with E-state index in [1.165, 1.54) is 12.8 Å². The van der Waals surface area contributed by atoms with Crippen molar-refractivity contribution < 1.29 is 9.53 Å². The maximum Gasteiger partial charge on any atom is 0.410 e. The van der Waals surface area contributed by atoms with Crippen molar-refractivity contribution in [2.24, 2.45) is 11.3 Å². The van der Waals surface area contributed by atoms with Gasteiger partial charge in [-0.15, -0.1) is 12.4 Å². The zero-order valence-corrected chi connectivity index (χ0v) is 14.2. The van der Waals surface area contributed by atoms with Gasteiger partial charge in [0.05, 0.1) is 0 Å². The molecule has 5 heteroatoms. The molecular weight excluding hydrogens is 276 g/mol. The lowest BCUT2D eigenvalue weighted by Gasteiger charge is -2.60. The molecule has 2 heterocycles. The number of carbonyl (C=O) groups is 1. The molecule has 20 heavy (non-hydrogen) atoms. The van der Waals surface area contributed by atoms with Crippen LogP contribution in [0.5, 0.6) is 0 Å². The lowest BCUT2D eigenvalue weighted by molar-refractivity contribution is -0.112. The molecule has 1 spiro atoms.